The second-order valence-electron chi connectivity index (χ2n) is 5.13. The number of carbonyl (C=O) groups excluding carboxylic acids is 1. The summed E-state index contributed by atoms with van der Waals surface area (Å²) in [6.45, 7) is 3.60. The Morgan fingerprint density at radius 2 is 1.65 bits per heavy atom. The van der Waals surface area contributed by atoms with E-state index in [1.165, 1.54) is 24.3 Å². The third-order valence-electron chi connectivity index (χ3n) is 3.15. The fourth-order valence-electron chi connectivity index (χ4n) is 1.85. The van der Waals surface area contributed by atoms with Crippen LogP contribution in [0.15, 0.2) is 53.4 Å². The standard InChI is InChI=1S/C16H18N2O4S/c1-11-3-7-14(8-4-11)22-12(2)16(19)18-13-5-9-15(10-6-13)23(17,20)21/h3-10,12H,1-2H3,(H,18,19)(H2,17,20,21)/t12-/m0/s1. The van der Waals surface area contributed by atoms with E-state index in [0.717, 1.165) is 5.56 Å². The summed E-state index contributed by atoms with van der Waals surface area (Å²) in [7, 11) is -3.75. The molecule has 7 heteroatoms. The average Bonchev–Trinajstić information content (AvgIpc) is 2.49. The lowest BCUT2D eigenvalue weighted by Crippen LogP contribution is -2.30. The van der Waals surface area contributed by atoms with Crippen LogP contribution in [0.3, 0.4) is 0 Å². The number of ether oxygens (including phenoxy) is 1. The van der Waals surface area contributed by atoms with Gasteiger partial charge in [0.15, 0.2) is 6.10 Å². The minimum absolute atomic E-state index is 0.0144. The van der Waals surface area contributed by atoms with Gasteiger partial charge in [0, 0.05) is 5.69 Å². The molecule has 0 aliphatic rings. The van der Waals surface area contributed by atoms with Crippen LogP contribution in [0.1, 0.15) is 12.5 Å². The first-order valence-corrected chi connectivity index (χ1v) is 8.47. The van der Waals surface area contributed by atoms with E-state index in [1.54, 1.807) is 19.1 Å². The number of rotatable bonds is 5. The molecule has 3 N–H and O–H groups in total. The van der Waals surface area contributed by atoms with Gasteiger partial charge >= 0.3 is 0 Å². The van der Waals surface area contributed by atoms with Gasteiger partial charge in [-0.15, -0.1) is 0 Å². The molecule has 2 rings (SSSR count). The zero-order valence-electron chi connectivity index (χ0n) is 12.8. The van der Waals surface area contributed by atoms with E-state index in [4.69, 9.17) is 9.88 Å². The largest absolute Gasteiger partial charge is 0.481 e. The molecule has 0 fully saturated rings. The Hall–Kier alpha value is -2.38. The van der Waals surface area contributed by atoms with Crippen LogP contribution in [-0.2, 0) is 14.8 Å². The smallest absolute Gasteiger partial charge is 0.265 e. The van der Waals surface area contributed by atoms with Crippen molar-refractivity contribution < 1.29 is 17.9 Å². The van der Waals surface area contributed by atoms with E-state index >= 15 is 0 Å². The number of hydrogen-bond donors (Lipinski definition) is 2. The topological polar surface area (TPSA) is 98.5 Å². The molecule has 2 aromatic rings. The number of benzene rings is 2. The van der Waals surface area contributed by atoms with Gasteiger partial charge in [-0.1, -0.05) is 17.7 Å². The Morgan fingerprint density at radius 3 is 2.17 bits per heavy atom. The van der Waals surface area contributed by atoms with E-state index in [1.807, 2.05) is 19.1 Å². The van der Waals surface area contributed by atoms with Crippen molar-refractivity contribution in [3.63, 3.8) is 0 Å². The molecule has 0 spiro atoms. The highest BCUT2D eigenvalue weighted by Gasteiger charge is 2.15. The van der Waals surface area contributed by atoms with E-state index in [0.29, 0.717) is 11.4 Å². The highest BCUT2D eigenvalue weighted by Crippen LogP contribution is 2.16. The van der Waals surface area contributed by atoms with Crippen molar-refractivity contribution >= 4 is 21.6 Å². The number of nitrogens with one attached hydrogen (secondary N) is 1. The molecule has 0 radical (unpaired) electrons. The van der Waals surface area contributed by atoms with Gasteiger partial charge in [-0.3, -0.25) is 4.79 Å². The van der Waals surface area contributed by atoms with Crippen LogP contribution in [0.4, 0.5) is 5.69 Å². The monoisotopic (exact) mass is 334 g/mol. The fraction of sp³-hybridized carbons (Fsp3) is 0.188. The molecule has 122 valence electrons. The lowest BCUT2D eigenvalue weighted by atomic mass is 10.2. The van der Waals surface area contributed by atoms with Crippen LogP contribution < -0.4 is 15.2 Å². The average molecular weight is 334 g/mol. The molecule has 0 saturated heterocycles. The van der Waals surface area contributed by atoms with Gasteiger partial charge in [-0.25, -0.2) is 13.6 Å². The van der Waals surface area contributed by atoms with Crippen molar-refractivity contribution in [2.75, 3.05) is 5.32 Å². The molecular formula is C16H18N2O4S. The first-order chi connectivity index (χ1) is 10.8. The van der Waals surface area contributed by atoms with Gasteiger partial charge in [0.25, 0.3) is 5.91 Å². The minimum atomic E-state index is -3.75. The normalized spacial score (nSPS) is 12.5. The van der Waals surface area contributed by atoms with Gasteiger partial charge < -0.3 is 10.1 Å². The highest BCUT2D eigenvalue weighted by molar-refractivity contribution is 7.89. The first kappa shape index (κ1) is 17.0. The van der Waals surface area contributed by atoms with Crippen molar-refractivity contribution in [1.29, 1.82) is 0 Å². The third kappa shape index (κ3) is 4.80. The van der Waals surface area contributed by atoms with Crippen LogP contribution in [0, 0.1) is 6.92 Å². The van der Waals surface area contributed by atoms with E-state index < -0.39 is 16.1 Å². The van der Waals surface area contributed by atoms with Gasteiger partial charge in [0.1, 0.15) is 5.75 Å². The molecular weight excluding hydrogens is 316 g/mol. The zero-order valence-corrected chi connectivity index (χ0v) is 13.6. The Kier molecular flexibility index (Phi) is 5.02. The zero-order chi connectivity index (χ0) is 17.0. The van der Waals surface area contributed by atoms with Crippen LogP contribution in [0.25, 0.3) is 0 Å². The number of anilines is 1. The first-order valence-electron chi connectivity index (χ1n) is 6.93. The molecule has 0 aromatic heterocycles. The molecule has 2 aromatic carbocycles. The third-order valence-corrected chi connectivity index (χ3v) is 4.08. The second-order valence-corrected chi connectivity index (χ2v) is 6.69. The summed E-state index contributed by atoms with van der Waals surface area (Å²) in [6.07, 6.45) is -0.698. The number of sulfonamides is 1. The Balaban J connectivity index is 1.99. The molecule has 1 atom stereocenters. The lowest BCUT2D eigenvalue weighted by Gasteiger charge is -2.15. The van der Waals surface area contributed by atoms with Crippen molar-refractivity contribution in [1.82, 2.24) is 0 Å². The number of primary sulfonamides is 1. The molecule has 0 aliphatic heterocycles. The van der Waals surface area contributed by atoms with Gasteiger partial charge in [-0.05, 0) is 50.2 Å². The summed E-state index contributed by atoms with van der Waals surface area (Å²) in [6, 6.07) is 13.0. The van der Waals surface area contributed by atoms with Crippen molar-refractivity contribution in [3.05, 3.63) is 54.1 Å². The molecule has 0 heterocycles. The SMILES string of the molecule is Cc1ccc(O[C@@H](C)C(=O)Nc2ccc(S(N)(=O)=O)cc2)cc1. The predicted molar refractivity (Wildman–Crippen MR) is 87.7 cm³/mol. The number of nitrogens with two attached hydrogens (primary N) is 1. The Bertz CT molecular complexity index is 784. The number of carbonyl (C=O) groups is 1. The summed E-state index contributed by atoms with van der Waals surface area (Å²) < 4.78 is 27.9. The van der Waals surface area contributed by atoms with Crippen molar-refractivity contribution in [3.8, 4) is 5.75 Å². The summed E-state index contributed by atoms with van der Waals surface area (Å²) in [5.41, 5.74) is 1.56. The van der Waals surface area contributed by atoms with Crippen molar-refractivity contribution in [2.24, 2.45) is 5.14 Å². The van der Waals surface area contributed by atoms with Gasteiger partial charge in [-0.2, -0.15) is 0 Å². The van der Waals surface area contributed by atoms with E-state index in [-0.39, 0.29) is 10.8 Å². The lowest BCUT2D eigenvalue weighted by molar-refractivity contribution is -0.122. The molecule has 23 heavy (non-hydrogen) atoms. The molecule has 0 saturated carbocycles. The van der Waals surface area contributed by atoms with E-state index in [9.17, 15) is 13.2 Å². The van der Waals surface area contributed by atoms with Crippen LogP contribution >= 0.6 is 0 Å². The second kappa shape index (κ2) is 6.80. The summed E-state index contributed by atoms with van der Waals surface area (Å²) in [5.74, 6) is 0.261. The maximum atomic E-state index is 12.1. The minimum Gasteiger partial charge on any atom is -0.481 e. The summed E-state index contributed by atoms with van der Waals surface area (Å²) in [5, 5.41) is 7.67. The van der Waals surface area contributed by atoms with Crippen LogP contribution in [0.2, 0.25) is 0 Å². The molecule has 6 nitrogen and oxygen atoms in total. The molecule has 1 amide bonds. The molecule has 0 bridgehead atoms. The summed E-state index contributed by atoms with van der Waals surface area (Å²) in [4.78, 5) is 12.1. The quantitative estimate of drug-likeness (QED) is 0.874. The highest BCUT2D eigenvalue weighted by atomic mass is 32.2. The predicted octanol–water partition coefficient (Wildman–Crippen LogP) is 2.05. The van der Waals surface area contributed by atoms with Crippen LogP contribution in [0.5, 0.6) is 5.75 Å². The van der Waals surface area contributed by atoms with Gasteiger partial charge in [0.2, 0.25) is 10.0 Å². The Morgan fingerprint density at radius 1 is 1.09 bits per heavy atom. The fourth-order valence-corrected chi connectivity index (χ4v) is 2.36. The number of hydrogen-bond acceptors (Lipinski definition) is 4. The molecule has 0 unspecified atom stereocenters. The summed E-state index contributed by atoms with van der Waals surface area (Å²) >= 11 is 0. The van der Waals surface area contributed by atoms with Gasteiger partial charge in [0.05, 0.1) is 4.90 Å². The number of amides is 1. The molecule has 0 aliphatic carbocycles. The Labute approximate surface area is 135 Å². The van der Waals surface area contributed by atoms with E-state index in [2.05, 4.69) is 5.32 Å². The number of aryl methyl sites for hydroxylation is 1. The maximum absolute atomic E-state index is 12.1. The van der Waals surface area contributed by atoms with Crippen molar-refractivity contribution in [2.45, 2.75) is 24.8 Å². The maximum Gasteiger partial charge on any atom is 0.265 e. The van der Waals surface area contributed by atoms with Crippen LogP contribution in [-0.4, -0.2) is 20.4 Å².